The number of nitrogens with two attached hydrogens (primary N) is 1. The zero-order valence-corrected chi connectivity index (χ0v) is 4.25. The van der Waals surface area contributed by atoms with Crippen molar-refractivity contribution in [2.24, 2.45) is 5.14 Å². The summed E-state index contributed by atoms with van der Waals surface area (Å²) >= 11 is 0. The molecule has 3 nitrogen and oxygen atoms in total. The molecule has 54 valence electrons. The Morgan fingerprint density at radius 3 is 1.33 bits per heavy atom. The number of halogens is 3. The molecule has 0 aliphatic heterocycles. The molecule has 0 fully saturated rings. The Morgan fingerprint density at radius 2 is 1.33 bits per heavy atom. The Hall–Kier alpha value is 0.960. The van der Waals surface area contributed by atoms with Crippen molar-refractivity contribution in [1.82, 2.24) is 0 Å². The summed E-state index contributed by atoms with van der Waals surface area (Å²) in [5.74, 6) is 0. The van der Waals surface area contributed by atoms with Gasteiger partial charge in [0.1, 0.15) is 0 Å². The van der Waals surface area contributed by atoms with Gasteiger partial charge in [-0.3, -0.25) is 0 Å². The molecular weight excluding hydrogens is 187 g/mol. The second kappa shape index (κ2) is 3.38. The van der Waals surface area contributed by atoms with Crippen LogP contribution in [0.3, 0.4) is 0 Å². The molecule has 0 aromatic rings. The van der Waals surface area contributed by atoms with Crippen molar-refractivity contribution < 1.29 is 21.6 Å². The van der Waals surface area contributed by atoms with Gasteiger partial charge in [0.25, 0.3) is 0 Å². The second-order valence-electron chi connectivity index (χ2n) is 0.991. The molecule has 0 saturated carbocycles. The van der Waals surface area contributed by atoms with E-state index in [9.17, 15) is 21.6 Å². The average Bonchev–Trinajstić information content (AvgIpc) is 1.25. The van der Waals surface area contributed by atoms with E-state index in [1.54, 1.807) is 0 Å². The molecule has 0 aromatic heterocycles. The minimum atomic E-state index is -5.34. The van der Waals surface area contributed by atoms with Crippen LogP contribution in [0.15, 0.2) is 0 Å². The molecule has 0 aliphatic carbocycles. The first-order chi connectivity index (χ1) is 3.25. The first-order valence-corrected chi connectivity index (χ1v) is 2.89. The fourth-order valence-corrected chi connectivity index (χ4v) is 0. The monoisotopic (exact) mass is 191 g/mol. The zero-order valence-electron chi connectivity index (χ0n) is 3.44. The van der Waals surface area contributed by atoms with Crippen LogP contribution in [0.1, 0.15) is 0 Å². The number of sulfonamides is 1. The van der Waals surface area contributed by atoms with E-state index in [2.05, 4.69) is 5.14 Å². The number of primary sulfonamides is 1. The Balaban J connectivity index is 0. The molecule has 0 aliphatic rings. The zero-order chi connectivity index (χ0) is 7.00. The molecule has 0 bridgehead atoms. The summed E-state index contributed by atoms with van der Waals surface area (Å²) in [5.41, 5.74) is -5.31. The summed E-state index contributed by atoms with van der Waals surface area (Å²) in [6, 6.07) is 0. The van der Waals surface area contributed by atoms with Gasteiger partial charge in [-0.25, -0.2) is 13.6 Å². The SMILES string of the molecule is NS(=O)(=O)C(F)(F)F.[CaH2]. The van der Waals surface area contributed by atoms with Crippen LogP contribution in [-0.2, 0) is 10.0 Å². The van der Waals surface area contributed by atoms with Gasteiger partial charge in [-0.15, -0.1) is 0 Å². The summed E-state index contributed by atoms with van der Waals surface area (Å²) in [6.07, 6.45) is 0. The van der Waals surface area contributed by atoms with Crippen LogP contribution in [0.4, 0.5) is 13.2 Å². The Morgan fingerprint density at radius 1 is 1.22 bits per heavy atom. The van der Waals surface area contributed by atoms with Crippen molar-refractivity contribution in [3.05, 3.63) is 0 Å². The van der Waals surface area contributed by atoms with Crippen molar-refractivity contribution in [1.29, 1.82) is 0 Å². The van der Waals surface area contributed by atoms with Gasteiger partial charge < -0.3 is 0 Å². The third kappa shape index (κ3) is 4.38. The van der Waals surface area contributed by atoms with Gasteiger partial charge in [0.15, 0.2) is 0 Å². The van der Waals surface area contributed by atoms with E-state index < -0.39 is 15.5 Å². The van der Waals surface area contributed by atoms with Gasteiger partial charge in [-0.05, 0) is 0 Å². The fraction of sp³-hybridized carbons (Fsp3) is 1.00. The van der Waals surface area contributed by atoms with Crippen molar-refractivity contribution in [3.8, 4) is 0 Å². The molecule has 0 unspecified atom stereocenters. The average molecular weight is 191 g/mol. The van der Waals surface area contributed by atoms with Crippen LogP contribution in [0.25, 0.3) is 0 Å². The van der Waals surface area contributed by atoms with E-state index in [0.29, 0.717) is 0 Å². The predicted molar refractivity (Wildman–Crippen MR) is 27.7 cm³/mol. The maximum atomic E-state index is 10.8. The minimum absolute atomic E-state index is 0. The standard InChI is InChI=1S/CH2F3NO2S.Ca.2H/c2-1(3,4)8(5,6)7;;;/h(H2,5,6,7);;;. The van der Waals surface area contributed by atoms with Crippen LogP contribution in [-0.4, -0.2) is 51.7 Å². The van der Waals surface area contributed by atoms with Crippen LogP contribution < -0.4 is 5.14 Å². The first-order valence-electron chi connectivity index (χ1n) is 1.34. The molecule has 0 aromatic carbocycles. The van der Waals surface area contributed by atoms with E-state index >= 15 is 0 Å². The molecule has 9 heavy (non-hydrogen) atoms. The molecule has 0 amide bonds. The van der Waals surface area contributed by atoms with E-state index in [-0.39, 0.29) is 37.7 Å². The van der Waals surface area contributed by atoms with Crippen molar-refractivity contribution >= 4 is 47.8 Å². The summed E-state index contributed by atoms with van der Waals surface area (Å²) in [7, 11) is -5.34. The number of hydrogen-bond donors (Lipinski definition) is 1. The van der Waals surface area contributed by atoms with Crippen LogP contribution in [0.2, 0.25) is 0 Å². The normalized spacial score (nSPS) is 12.4. The molecule has 0 spiro atoms. The van der Waals surface area contributed by atoms with Gasteiger partial charge in [-0.1, -0.05) is 0 Å². The van der Waals surface area contributed by atoms with Crippen LogP contribution >= 0.6 is 0 Å². The third-order valence-corrected chi connectivity index (χ3v) is 0.968. The Kier molecular flexibility index (Phi) is 4.74. The quantitative estimate of drug-likeness (QED) is 0.493. The molecule has 0 atom stereocenters. The summed E-state index contributed by atoms with van der Waals surface area (Å²) in [6.45, 7) is 0. The van der Waals surface area contributed by atoms with Gasteiger partial charge in [0.2, 0.25) is 0 Å². The summed E-state index contributed by atoms with van der Waals surface area (Å²) in [4.78, 5) is 0. The van der Waals surface area contributed by atoms with Gasteiger partial charge in [-0.2, -0.15) is 13.2 Å². The van der Waals surface area contributed by atoms with Crippen LogP contribution in [0.5, 0.6) is 0 Å². The molecule has 8 heteroatoms. The van der Waals surface area contributed by atoms with Gasteiger partial charge in [0, 0.05) is 0 Å². The molecular formula is CH4CaF3NO2S. The van der Waals surface area contributed by atoms with Crippen molar-refractivity contribution in [3.63, 3.8) is 0 Å². The number of alkyl halides is 3. The van der Waals surface area contributed by atoms with Crippen molar-refractivity contribution in [2.75, 3.05) is 0 Å². The topological polar surface area (TPSA) is 60.2 Å². The third-order valence-electron chi connectivity index (χ3n) is 0.323. The molecule has 2 N–H and O–H groups in total. The Labute approximate surface area is 79.5 Å². The molecule has 0 radical (unpaired) electrons. The van der Waals surface area contributed by atoms with Crippen molar-refractivity contribution in [2.45, 2.75) is 5.51 Å². The van der Waals surface area contributed by atoms with E-state index in [0.717, 1.165) is 0 Å². The predicted octanol–water partition coefficient (Wildman–Crippen LogP) is -1.12. The van der Waals surface area contributed by atoms with E-state index in [1.165, 1.54) is 0 Å². The molecule has 0 rings (SSSR count). The maximum absolute atomic E-state index is 10.8. The summed E-state index contributed by atoms with van der Waals surface area (Å²) < 4.78 is 51.2. The second-order valence-corrected chi connectivity index (χ2v) is 2.54. The summed E-state index contributed by atoms with van der Waals surface area (Å²) in [5, 5.41) is 3.66. The molecule has 0 heterocycles. The first kappa shape index (κ1) is 12.6. The van der Waals surface area contributed by atoms with Gasteiger partial charge >= 0.3 is 53.3 Å². The molecule has 0 saturated heterocycles. The van der Waals surface area contributed by atoms with Crippen LogP contribution in [0, 0.1) is 0 Å². The number of rotatable bonds is 0. The number of hydrogen-bond acceptors (Lipinski definition) is 2. The van der Waals surface area contributed by atoms with E-state index in [4.69, 9.17) is 0 Å². The Bertz CT molecular complexity index is 171. The van der Waals surface area contributed by atoms with E-state index in [1.807, 2.05) is 0 Å². The fourth-order valence-electron chi connectivity index (χ4n) is 0. The van der Waals surface area contributed by atoms with Gasteiger partial charge in [0.05, 0.1) is 0 Å².